The van der Waals surface area contributed by atoms with Gasteiger partial charge in [0.15, 0.2) is 11.3 Å². The summed E-state index contributed by atoms with van der Waals surface area (Å²) in [4.78, 5) is 23.6. The van der Waals surface area contributed by atoms with Crippen LogP contribution in [0.4, 0.5) is 14.5 Å². The highest BCUT2D eigenvalue weighted by Gasteiger charge is 2.08. The minimum Gasteiger partial charge on any atom is -0.452 e. The molecular formula is C16H12BrF2NO4S. The maximum atomic E-state index is 12.2. The number of hydrogen-bond acceptors (Lipinski definition) is 5. The molecule has 0 aliphatic carbocycles. The first-order valence-electron chi connectivity index (χ1n) is 6.87. The van der Waals surface area contributed by atoms with Crippen LogP contribution in [0.3, 0.4) is 0 Å². The summed E-state index contributed by atoms with van der Waals surface area (Å²) in [5.74, 6) is -3.30. The number of furan rings is 1. The lowest BCUT2D eigenvalue weighted by molar-refractivity contribution is -0.142. The summed E-state index contributed by atoms with van der Waals surface area (Å²) in [7, 11) is 0. The van der Waals surface area contributed by atoms with Crippen molar-refractivity contribution in [2.45, 2.75) is 10.7 Å². The lowest BCUT2D eigenvalue weighted by Crippen LogP contribution is -2.20. The second-order valence-corrected chi connectivity index (χ2v) is 6.38. The lowest BCUT2D eigenvalue weighted by Gasteiger charge is -2.06. The minimum absolute atomic E-state index is 0.383. The highest BCUT2D eigenvalue weighted by molar-refractivity contribution is 9.10. The number of thioether (sulfide) groups is 1. The lowest BCUT2D eigenvalue weighted by atomic mass is 10.3. The Morgan fingerprint density at radius 2 is 1.96 bits per heavy atom. The summed E-state index contributed by atoms with van der Waals surface area (Å²) in [5.41, 5.74) is 0.413. The third-order valence-electron chi connectivity index (χ3n) is 2.69. The number of benzene rings is 1. The van der Waals surface area contributed by atoms with Gasteiger partial charge in [-0.2, -0.15) is 8.78 Å². The Morgan fingerprint density at radius 1 is 1.24 bits per heavy atom. The summed E-state index contributed by atoms with van der Waals surface area (Å²) >= 11 is 3.54. The van der Waals surface area contributed by atoms with E-state index >= 15 is 0 Å². The van der Waals surface area contributed by atoms with Crippen LogP contribution in [0.15, 0.2) is 56.5 Å². The van der Waals surface area contributed by atoms with Crippen molar-refractivity contribution in [1.29, 1.82) is 0 Å². The van der Waals surface area contributed by atoms with Crippen LogP contribution in [0.25, 0.3) is 6.08 Å². The van der Waals surface area contributed by atoms with Crippen molar-refractivity contribution in [2.75, 3.05) is 11.9 Å². The number of carbonyl (C=O) groups is 2. The van der Waals surface area contributed by atoms with Gasteiger partial charge in [-0.1, -0.05) is 11.8 Å². The van der Waals surface area contributed by atoms with Crippen LogP contribution in [-0.2, 0) is 14.3 Å². The first-order chi connectivity index (χ1) is 11.9. The van der Waals surface area contributed by atoms with E-state index in [2.05, 4.69) is 21.2 Å². The van der Waals surface area contributed by atoms with Crippen molar-refractivity contribution in [1.82, 2.24) is 0 Å². The smallest absolute Gasteiger partial charge is 0.331 e. The second kappa shape index (κ2) is 9.38. The summed E-state index contributed by atoms with van der Waals surface area (Å²) in [6, 6.07) is 9.21. The molecule has 132 valence electrons. The van der Waals surface area contributed by atoms with E-state index in [9.17, 15) is 18.4 Å². The van der Waals surface area contributed by atoms with E-state index < -0.39 is 24.2 Å². The fourth-order valence-electron chi connectivity index (χ4n) is 1.67. The Balaban J connectivity index is 1.76. The Hall–Kier alpha value is -2.13. The molecule has 1 amide bonds. The van der Waals surface area contributed by atoms with Gasteiger partial charge in [0, 0.05) is 16.7 Å². The van der Waals surface area contributed by atoms with Crippen molar-refractivity contribution in [3.05, 3.63) is 52.9 Å². The molecule has 0 unspecified atom stereocenters. The largest absolute Gasteiger partial charge is 0.452 e. The Labute approximate surface area is 154 Å². The summed E-state index contributed by atoms with van der Waals surface area (Å²) in [5, 5.41) is 2.49. The van der Waals surface area contributed by atoms with E-state index in [0.29, 0.717) is 32.8 Å². The zero-order valence-electron chi connectivity index (χ0n) is 12.6. The van der Waals surface area contributed by atoms with E-state index in [1.54, 1.807) is 12.1 Å². The number of rotatable bonds is 7. The van der Waals surface area contributed by atoms with Gasteiger partial charge in [-0.15, -0.1) is 0 Å². The van der Waals surface area contributed by atoms with Gasteiger partial charge >= 0.3 is 5.97 Å². The number of ether oxygens (including phenoxy) is 1. The predicted octanol–water partition coefficient (Wildman–Crippen LogP) is 4.55. The molecule has 0 radical (unpaired) electrons. The molecule has 0 aliphatic rings. The summed E-state index contributed by atoms with van der Waals surface area (Å²) < 4.78 is 34.9. The minimum atomic E-state index is -2.50. The molecular weight excluding hydrogens is 420 g/mol. The molecule has 2 aromatic rings. The zero-order chi connectivity index (χ0) is 18.2. The monoisotopic (exact) mass is 431 g/mol. The van der Waals surface area contributed by atoms with Gasteiger partial charge in [-0.3, -0.25) is 4.79 Å². The first-order valence-corrected chi connectivity index (χ1v) is 8.54. The second-order valence-electron chi connectivity index (χ2n) is 4.53. The molecule has 0 spiro atoms. The molecule has 0 saturated carbocycles. The van der Waals surface area contributed by atoms with Gasteiger partial charge in [0.1, 0.15) is 5.76 Å². The molecule has 1 aromatic heterocycles. The van der Waals surface area contributed by atoms with Crippen LogP contribution >= 0.6 is 27.7 Å². The van der Waals surface area contributed by atoms with Gasteiger partial charge in [-0.05, 0) is 58.4 Å². The Kier molecular flexibility index (Phi) is 7.20. The predicted molar refractivity (Wildman–Crippen MR) is 93.3 cm³/mol. The maximum Gasteiger partial charge on any atom is 0.331 e. The zero-order valence-corrected chi connectivity index (χ0v) is 15.0. The van der Waals surface area contributed by atoms with Crippen molar-refractivity contribution < 1.29 is 27.5 Å². The van der Waals surface area contributed by atoms with Crippen LogP contribution in [0, 0.1) is 0 Å². The average Bonchev–Trinajstić information content (AvgIpc) is 2.98. The van der Waals surface area contributed by atoms with Crippen LogP contribution in [0.1, 0.15) is 5.76 Å². The third kappa shape index (κ3) is 7.10. The summed E-state index contributed by atoms with van der Waals surface area (Å²) in [6.45, 7) is -0.474. The van der Waals surface area contributed by atoms with E-state index in [1.807, 2.05) is 0 Å². The number of esters is 1. The first kappa shape index (κ1) is 19.2. The number of amides is 1. The molecule has 0 aliphatic heterocycles. The Morgan fingerprint density at radius 3 is 2.56 bits per heavy atom. The van der Waals surface area contributed by atoms with Crippen LogP contribution < -0.4 is 5.32 Å². The van der Waals surface area contributed by atoms with Crippen LogP contribution in [0.5, 0.6) is 0 Å². The highest BCUT2D eigenvalue weighted by atomic mass is 79.9. The van der Waals surface area contributed by atoms with Crippen molar-refractivity contribution in [3.63, 3.8) is 0 Å². The topological polar surface area (TPSA) is 68.5 Å². The molecule has 0 atom stereocenters. The highest BCUT2D eigenvalue weighted by Crippen LogP contribution is 2.26. The maximum absolute atomic E-state index is 12.2. The summed E-state index contributed by atoms with van der Waals surface area (Å²) in [6.07, 6.45) is 2.54. The van der Waals surface area contributed by atoms with E-state index in [0.717, 1.165) is 6.08 Å². The van der Waals surface area contributed by atoms with E-state index in [-0.39, 0.29) is 0 Å². The third-order valence-corrected chi connectivity index (χ3v) is 3.84. The van der Waals surface area contributed by atoms with E-state index in [4.69, 9.17) is 9.15 Å². The average molecular weight is 432 g/mol. The molecule has 1 N–H and O–H groups in total. The number of hydrogen-bond donors (Lipinski definition) is 1. The molecule has 9 heteroatoms. The van der Waals surface area contributed by atoms with Crippen molar-refractivity contribution in [3.8, 4) is 0 Å². The standard InChI is InChI=1S/C16H12BrF2NO4S/c17-13-7-3-11(24-13)4-8-15(22)23-9-14(21)20-10-1-5-12(6-2-10)25-16(18)19/h1-8,16H,9H2,(H,20,21). The molecule has 0 bridgehead atoms. The number of alkyl halides is 2. The molecule has 0 saturated heterocycles. The molecule has 0 fully saturated rings. The van der Waals surface area contributed by atoms with Gasteiger partial charge in [0.25, 0.3) is 11.7 Å². The fourth-order valence-corrected chi connectivity index (χ4v) is 2.49. The van der Waals surface area contributed by atoms with Gasteiger partial charge in [0.2, 0.25) is 0 Å². The molecule has 1 heterocycles. The molecule has 5 nitrogen and oxygen atoms in total. The van der Waals surface area contributed by atoms with Gasteiger partial charge in [0.05, 0.1) is 0 Å². The number of anilines is 1. The molecule has 2 rings (SSSR count). The number of halogens is 3. The Bertz CT molecular complexity index is 762. The van der Waals surface area contributed by atoms with Crippen molar-refractivity contribution >= 4 is 51.3 Å². The quantitative estimate of drug-likeness (QED) is 0.395. The fraction of sp³-hybridized carbons (Fsp3) is 0.125. The van der Waals surface area contributed by atoms with Gasteiger partial charge < -0.3 is 14.5 Å². The van der Waals surface area contributed by atoms with E-state index in [1.165, 1.54) is 30.3 Å². The number of carbonyl (C=O) groups excluding carboxylic acids is 2. The van der Waals surface area contributed by atoms with Crippen LogP contribution in [-0.4, -0.2) is 24.2 Å². The molecule has 1 aromatic carbocycles. The van der Waals surface area contributed by atoms with Crippen LogP contribution in [0.2, 0.25) is 0 Å². The van der Waals surface area contributed by atoms with Crippen molar-refractivity contribution in [2.24, 2.45) is 0 Å². The number of nitrogens with one attached hydrogen (secondary N) is 1. The van der Waals surface area contributed by atoms with Gasteiger partial charge in [-0.25, -0.2) is 4.79 Å². The normalized spacial score (nSPS) is 11.0. The molecule has 25 heavy (non-hydrogen) atoms. The SMILES string of the molecule is O=C(COC(=O)C=Cc1ccc(Br)o1)Nc1ccc(SC(F)F)cc1.